The van der Waals surface area contributed by atoms with E-state index in [4.69, 9.17) is 5.11 Å². The van der Waals surface area contributed by atoms with Gasteiger partial charge in [-0.25, -0.2) is 4.79 Å². The van der Waals surface area contributed by atoms with Gasteiger partial charge in [0.25, 0.3) is 0 Å². The van der Waals surface area contributed by atoms with Crippen LogP contribution in [0.15, 0.2) is 30.3 Å². The number of amides is 2. The van der Waals surface area contributed by atoms with Gasteiger partial charge in [0.1, 0.15) is 0 Å². The molecule has 2 N–H and O–H groups in total. The van der Waals surface area contributed by atoms with E-state index in [0.29, 0.717) is 13.1 Å². The summed E-state index contributed by atoms with van der Waals surface area (Å²) in [5.74, 6) is 0.943. The fourth-order valence-corrected chi connectivity index (χ4v) is 3.02. The number of carboxylic acids is 1. The summed E-state index contributed by atoms with van der Waals surface area (Å²) in [5, 5.41) is 11.8. The van der Waals surface area contributed by atoms with Crippen molar-refractivity contribution in [3.8, 4) is 0 Å². The molecular weight excluding hydrogens is 276 g/mol. The predicted octanol–water partition coefficient (Wildman–Crippen LogP) is 1.96. The first-order valence-corrected chi connectivity index (χ1v) is 7.72. The molecule has 2 amide bonds. The number of carboxylic acid groups (broad SMARTS) is 1. The number of hydrogen-bond acceptors (Lipinski definition) is 3. The second kappa shape index (κ2) is 7.19. The molecule has 1 atom stereocenters. The van der Waals surface area contributed by atoms with E-state index in [1.165, 1.54) is 0 Å². The average molecular weight is 294 g/mol. The molecule has 0 spiro atoms. The zero-order chi connectivity index (χ0) is 14.4. The molecular formula is C14H18N2O3S. The van der Waals surface area contributed by atoms with Crippen LogP contribution in [0.1, 0.15) is 18.0 Å². The van der Waals surface area contributed by atoms with Crippen LogP contribution in [0.4, 0.5) is 4.79 Å². The van der Waals surface area contributed by atoms with Gasteiger partial charge >= 0.3 is 12.0 Å². The topological polar surface area (TPSA) is 69.6 Å². The van der Waals surface area contributed by atoms with Crippen LogP contribution in [0, 0.1) is 0 Å². The zero-order valence-electron chi connectivity index (χ0n) is 11.1. The molecule has 1 aliphatic heterocycles. The van der Waals surface area contributed by atoms with E-state index in [1.807, 2.05) is 42.1 Å². The van der Waals surface area contributed by atoms with Crippen LogP contribution in [-0.4, -0.2) is 46.6 Å². The van der Waals surface area contributed by atoms with Gasteiger partial charge in [0.2, 0.25) is 0 Å². The highest BCUT2D eigenvalue weighted by Crippen LogP contribution is 2.18. The first-order valence-electron chi connectivity index (χ1n) is 6.57. The van der Waals surface area contributed by atoms with Crippen LogP contribution in [0.2, 0.25) is 0 Å². The van der Waals surface area contributed by atoms with Crippen molar-refractivity contribution in [3.63, 3.8) is 0 Å². The number of hydrogen-bond donors (Lipinski definition) is 2. The summed E-state index contributed by atoms with van der Waals surface area (Å²) in [5.41, 5.74) is 0.814. The Balaban J connectivity index is 2.03. The molecule has 1 saturated heterocycles. The highest BCUT2D eigenvalue weighted by Gasteiger charge is 2.22. The minimum absolute atomic E-state index is 0.113. The normalized spacial score (nSPS) is 16.5. The van der Waals surface area contributed by atoms with Crippen LogP contribution in [0.25, 0.3) is 0 Å². The van der Waals surface area contributed by atoms with Gasteiger partial charge in [0, 0.05) is 24.6 Å². The minimum Gasteiger partial charge on any atom is -0.481 e. The maximum Gasteiger partial charge on any atom is 0.317 e. The number of urea groups is 1. The zero-order valence-corrected chi connectivity index (χ0v) is 11.9. The number of carbonyl (C=O) groups is 2. The fourth-order valence-electron chi connectivity index (χ4n) is 2.12. The molecule has 0 aromatic heterocycles. The minimum atomic E-state index is -0.923. The standard InChI is InChI=1S/C14H18N2O3S/c17-13(18)10-12(11-4-2-1-3-5-11)15-14(19)16-6-8-20-9-7-16/h1-5,12H,6-10H2,(H,15,19)(H,17,18). The first kappa shape index (κ1) is 14.7. The number of carbonyl (C=O) groups excluding carboxylic acids is 1. The largest absolute Gasteiger partial charge is 0.481 e. The summed E-state index contributed by atoms with van der Waals surface area (Å²) in [6.45, 7) is 1.43. The second-order valence-corrected chi connectivity index (χ2v) is 5.83. The van der Waals surface area contributed by atoms with E-state index in [9.17, 15) is 9.59 Å². The van der Waals surface area contributed by atoms with Crippen LogP contribution >= 0.6 is 11.8 Å². The molecule has 108 valence electrons. The molecule has 2 rings (SSSR count). The molecule has 0 aliphatic carbocycles. The van der Waals surface area contributed by atoms with Crippen LogP contribution in [0.5, 0.6) is 0 Å². The van der Waals surface area contributed by atoms with Crippen molar-refractivity contribution in [2.75, 3.05) is 24.6 Å². The van der Waals surface area contributed by atoms with Gasteiger partial charge in [-0.3, -0.25) is 4.79 Å². The van der Waals surface area contributed by atoms with Crippen molar-refractivity contribution in [1.82, 2.24) is 10.2 Å². The van der Waals surface area contributed by atoms with Gasteiger partial charge in [0.15, 0.2) is 0 Å². The van der Waals surface area contributed by atoms with Crippen molar-refractivity contribution >= 4 is 23.8 Å². The Hall–Kier alpha value is -1.69. The van der Waals surface area contributed by atoms with Crippen molar-refractivity contribution in [3.05, 3.63) is 35.9 Å². The molecule has 0 radical (unpaired) electrons. The number of aliphatic carboxylic acids is 1. The Kier molecular flexibility index (Phi) is 5.29. The van der Waals surface area contributed by atoms with Gasteiger partial charge in [-0.1, -0.05) is 30.3 Å². The van der Waals surface area contributed by atoms with Gasteiger partial charge in [-0.2, -0.15) is 11.8 Å². The lowest BCUT2D eigenvalue weighted by atomic mass is 10.0. The monoisotopic (exact) mass is 294 g/mol. The molecule has 6 heteroatoms. The molecule has 1 heterocycles. The smallest absolute Gasteiger partial charge is 0.317 e. The van der Waals surface area contributed by atoms with E-state index in [1.54, 1.807) is 4.90 Å². The average Bonchev–Trinajstić information content (AvgIpc) is 2.48. The lowest BCUT2D eigenvalue weighted by Crippen LogP contribution is -2.45. The van der Waals surface area contributed by atoms with Crippen LogP contribution in [0.3, 0.4) is 0 Å². The van der Waals surface area contributed by atoms with E-state index < -0.39 is 12.0 Å². The Labute approximate surface area is 122 Å². The summed E-state index contributed by atoms with van der Waals surface area (Å²) in [7, 11) is 0. The molecule has 1 fully saturated rings. The Morgan fingerprint density at radius 3 is 2.50 bits per heavy atom. The number of nitrogens with zero attached hydrogens (tertiary/aromatic N) is 1. The van der Waals surface area contributed by atoms with Gasteiger partial charge in [-0.05, 0) is 5.56 Å². The summed E-state index contributed by atoms with van der Waals surface area (Å²) in [6, 6.07) is 8.54. The molecule has 1 unspecified atom stereocenters. The van der Waals surface area contributed by atoms with Crippen molar-refractivity contribution < 1.29 is 14.7 Å². The first-order chi connectivity index (χ1) is 9.66. The number of benzene rings is 1. The Bertz CT molecular complexity index is 461. The molecule has 1 aromatic carbocycles. The van der Waals surface area contributed by atoms with E-state index in [0.717, 1.165) is 17.1 Å². The quantitative estimate of drug-likeness (QED) is 0.890. The van der Waals surface area contributed by atoms with E-state index >= 15 is 0 Å². The lowest BCUT2D eigenvalue weighted by molar-refractivity contribution is -0.137. The molecule has 5 nitrogen and oxygen atoms in total. The summed E-state index contributed by atoms with van der Waals surface area (Å²) < 4.78 is 0. The highest BCUT2D eigenvalue weighted by molar-refractivity contribution is 7.99. The third-order valence-corrected chi connectivity index (χ3v) is 4.12. The Morgan fingerprint density at radius 1 is 1.25 bits per heavy atom. The van der Waals surface area contributed by atoms with Crippen molar-refractivity contribution in [2.45, 2.75) is 12.5 Å². The molecule has 20 heavy (non-hydrogen) atoms. The number of thioether (sulfide) groups is 1. The Morgan fingerprint density at radius 2 is 1.90 bits per heavy atom. The highest BCUT2D eigenvalue weighted by atomic mass is 32.2. The van der Waals surface area contributed by atoms with Crippen LogP contribution in [-0.2, 0) is 4.79 Å². The van der Waals surface area contributed by atoms with Gasteiger partial charge in [0.05, 0.1) is 12.5 Å². The fraction of sp³-hybridized carbons (Fsp3) is 0.429. The van der Waals surface area contributed by atoms with Gasteiger partial charge < -0.3 is 15.3 Å². The number of rotatable bonds is 4. The third-order valence-electron chi connectivity index (χ3n) is 3.18. The SMILES string of the molecule is O=C(O)CC(NC(=O)N1CCSCC1)c1ccccc1. The lowest BCUT2D eigenvalue weighted by Gasteiger charge is -2.29. The molecule has 1 aromatic rings. The summed E-state index contributed by atoms with van der Waals surface area (Å²) in [4.78, 5) is 24.9. The third kappa shape index (κ3) is 4.16. The van der Waals surface area contributed by atoms with Crippen molar-refractivity contribution in [1.29, 1.82) is 0 Å². The maximum absolute atomic E-state index is 12.2. The molecule has 1 aliphatic rings. The molecule has 0 saturated carbocycles. The predicted molar refractivity (Wildman–Crippen MR) is 78.9 cm³/mol. The second-order valence-electron chi connectivity index (χ2n) is 4.61. The van der Waals surface area contributed by atoms with E-state index in [-0.39, 0.29) is 12.5 Å². The van der Waals surface area contributed by atoms with Crippen molar-refractivity contribution in [2.24, 2.45) is 0 Å². The maximum atomic E-state index is 12.2. The molecule has 0 bridgehead atoms. The van der Waals surface area contributed by atoms with E-state index in [2.05, 4.69) is 5.32 Å². The number of nitrogens with one attached hydrogen (secondary N) is 1. The summed E-state index contributed by atoms with van der Waals surface area (Å²) >= 11 is 1.83. The summed E-state index contributed by atoms with van der Waals surface area (Å²) in [6.07, 6.45) is -0.113. The van der Waals surface area contributed by atoms with Crippen LogP contribution < -0.4 is 5.32 Å². The van der Waals surface area contributed by atoms with Gasteiger partial charge in [-0.15, -0.1) is 0 Å².